The van der Waals surface area contributed by atoms with Gasteiger partial charge in [-0.25, -0.2) is 0 Å². The van der Waals surface area contributed by atoms with Crippen LogP contribution in [-0.4, -0.2) is 59.8 Å². The molecule has 1 N–H and O–H groups in total. The van der Waals surface area contributed by atoms with E-state index in [2.05, 4.69) is 37.6 Å². The van der Waals surface area contributed by atoms with E-state index in [1.807, 2.05) is 0 Å². The molecule has 1 unspecified atom stereocenters. The van der Waals surface area contributed by atoms with Crippen LogP contribution in [0.5, 0.6) is 0 Å². The Kier molecular flexibility index (Phi) is 4.56. The van der Waals surface area contributed by atoms with Crippen LogP contribution in [0.15, 0.2) is 0 Å². The van der Waals surface area contributed by atoms with Crippen molar-refractivity contribution in [3.63, 3.8) is 0 Å². The van der Waals surface area contributed by atoms with E-state index < -0.39 is 0 Å². The molecule has 0 spiro atoms. The first-order chi connectivity index (χ1) is 7.01. The van der Waals surface area contributed by atoms with Crippen LogP contribution in [0.4, 0.5) is 0 Å². The van der Waals surface area contributed by atoms with Crippen molar-refractivity contribution in [1.82, 2.24) is 9.80 Å². The highest BCUT2D eigenvalue weighted by Crippen LogP contribution is 2.25. The summed E-state index contributed by atoms with van der Waals surface area (Å²) in [6.45, 7) is 10.3. The van der Waals surface area contributed by atoms with Crippen LogP contribution in [0.1, 0.15) is 33.6 Å². The zero-order valence-corrected chi connectivity index (χ0v) is 10.7. The third kappa shape index (κ3) is 3.16. The maximum absolute atomic E-state index is 9.49. The first-order valence-electron chi connectivity index (χ1n) is 6.07. The number of likely N-dealkylation sites (N-methyl/N-ethyl adjacent to an activating group) is 1. The van der Waals surface area contributed by atoms with E-state index in [-0.39, 0.29) is 12.1 Å². The number of hydrogen-bond acceptors (Lipinski definition) is 3. The summed E-state index contributed by atoms with van der Waals surface area (Å²) in [7, 11) is 2.15. The Morgan fingerprint density at radius 2 is 2.07 bits per heavy atom. The third-order valence-corrected chi connectivity index (χ3v) is 3.52. The maximum Gasteiger partial charge on any atom is 0.0599 e. The molecule has 0 aromatic heterocycles. The summed E-state index contributed by atoms with van der Waals surface area (Å²) in [4.78, 5) is 4.81. The molecule has 0 saturated carbocycles. The summed E-state index contributed by atoms with van der Waals surface area (Å²) in [6, 6.07) is 0.299. The van der Waals surface area contributed by atoms with Crippen LogP contribution < -0.4 is 0 Å². The van der Waals surface area contributed by atoms with Gasteiger partial charge in [0, 0.05) is 18.1 Å². The summed E-state index contributed by atoms with van der Waals surface area (Å²) in [6.07, 6.45) is 2.34. The Balaban J connectivity index is 2.80. The zero-order chi connectivity index (χ0) is 11.5. The fraction of sp³-hybridized carbons (Fsp3) is 1.00. The topological polar surface area (TPSA) is 26.7 Å². The van der Waals surface area contributed by atoms with Gasteiger partial charge >= 0.3 is 0 Å². The fourth-order valence-electron chi connectivity index (χ4n) is 2.53. The van der Waals surface area contributed by atoms with Crippen molar-refractivity contribution >= 4 is 0 Å². The van der Waals surface area contributed by atoms with Crippen LogP contribution in [0.25, 0.3) is 0 Å². The minimum Gasteiger partial charge on any atom is -0.395 e. The van der Waals surface area contributed by atoms with E-state index in [0.717, 1.165) is 26.1 Å². The Bertz CT molecular complexity index is 194. The van der Waals surface area contributed by atoms with Gasteiger partial charge in [0.2, 0.25) is 0 Å². The number of hydrogen-bond donors (Lipinski definition) is 1. The maximum atomic E-state index is 9.49. The lowest BCUT2D eigenvalue weighted by Crippen LogP contribution is -2.52. The van der Waals surface area contributed by atoms with Gasteiger partial charge in [-0.3, -0.25) is 4.90 Å². The van der Waals surface area contributed by atoms with E-state index in [9.17, 15) is 5.11 Å². The second-order valence-electron chi connectivity index (χ2n) is 5.35. The molecule has 0 bridgehead atoms. The Morgan fingerprint density at radius 1 is 1.40 bits per heavy atom. The average molecular weight is 214 g/mol. The van der Waals surface area contributed by atoms with Gasteiger partial charge in [-0.05, 0) is 46.8 Å². The monoisotopic (exact) mass is 214 g/mol. The van der Waals surface area contributed by atoms with Crippen molar-refractivity contribution < 1.29 is 5.11 Å². The molecule has 15 heavy (non-hydrogen) atoms. The van der Waals surface area contributed by atoms with Crippen molar-refractivity contribution in [2.75, 3.05) is 33.3 Å². The van der Waals surface area contributed by atoms with E-state index >= 15 is 0 Å². The second kappa shape index (κ2) is 5.28. The molecule has 90 valence electrons. The molecule has 0 aromatic rings. The minimum atomic E-state index is 0.216. The Morgan fingerprint density at radius 3 is 2.60 bits per heavy atom. The van der Waals surface area contributed by atoms with Gasteiger partial charge in [-0.2, -0.15) is 0 Å². The molecule has 1 aliphatic heterocycles. The van der Waals surface area contributed by atoms with Crippen LogP contribution >= 0.6 is 0 Å². The van der Waals surface area contributed by atoms with E-state index in [1.165, 1.54) is 6.42 Å². The Hall–Kier alpha value is -0.120. The van der Waals surface area contributed by atoms with Crippen LogP contribution in [-0.2, 0) is 0 Å². The standard InChI is InChI=1S/C12H26N2O/c1-5-7-14-11(10-15)9-13(4)8-6-12(14,2)3/h11,15H,5-10H2,1-4H3. The summed E-state index contributed by atoms with van der Waals surface area (Å²) in [5.41, 5.74) is 0.216. The lowest BCUT2D eigenvalue weighted by Gasteiger charge is -2.41. The van der Waals surface area contributed by atoms with Gasteiger partial charge in [0.1, 0.15) is 0 Å². The lowest BCUT2D eigenvalue weighted by atomic mass is 9.96. The van der Waals surface area contributed by atoms with E-state index in [0.29, 0.717) is 6.04 Å². The summed E-state index contributed by atoms with van der Waals surface area (Å²) in [5.74, 6) is 0. The van der Waals surface area contributed by atoms with Gasteiger partial charge in [0.15, 0.2) is 0 Å². The van der Waals surface area contributed by atoms with E-state index in [4.69, 9.17) is 0 Å². The predicted molar refractivity (Wildman–Crippen MR) is 64.1 cm³/mol. The van der Waals surface area contributed by atoms with Gasteiger partial charge in [0.25, 0.3) is 0 Å². The lowest BCUT2D eigenvalue weighted by molar-refractivity contribution is 0.0419. The second-order valence-corrected chi connectivity index (χ2v) is 5.35. The molecule has 0 radical (unpaired) electrons. The van der Waals surface area contributed by atoms with E-state index in [1.54, 1.807) is 0 Å². The molecular weight excluding hydrogens is 188 g/mol. The van der Waals surface area contributed by atoms with Crippen molar-refractivity contribution in [3.8, 4) is 0 Å². The highest BCUT2D eigenvalue weighted by molar-refractivity contribution is 4.91. The first kappa shape index (κ1) is 12.9. The minimum absolute atomic E-state index is 0.216. The normalized spacial score (nSPS) is 29.0. The molecule has 1 aliphatic rings. The number of rotatable bonds is 3. The molecule has 0 amide bonds. The smallest absolute Gasteiger partial charge is 0.0599 e. The molecule has 1 saturated heterocycles. The highest BCUT2D eigenvalue weighted by atomic mass is 16.3. The van der Waals surface area contributed by atoms with Gasteiger partial charge in [-0.15, -0.1) is 0 Å². The molecular formula is C12H26N2O. The third-order valence-electron chi connectivity index (χ3n) is 3.52. The molecule has 0 aromatic carbocycles. The largest absolute Gasteiger partial charge is 0.395 e. The molecule has 1 atom stereocenters. The fourth-order valence-corrected chi connectivity index (χ4v) is 2.53. The molecule has 1 fully saturated rings. The Labute approximate surface area is 94.1 Å². The number of aliphatic hydroxyl groups is 1. The summed E-state index contributed by atoms with van der Waals surface area (Å²) in [5, 5.41) is 9.49. The SMILES string of the molecule is CCCN1C(CO)CN(C)CCC1(C)C. The number of aliphatic hydroxyl groups excluding tert-OH is 1. The quantitative estimate of drug-likeness (QED) is 0.764. The number of nitrogens with zero attached hydrogens (tertiary/aromatic N) is 2. The van der Waals surface area contributed by atoms with Crippen LogP contribution in [0, 0.1) is 0 Å². The van der Waals surface area contributed by atoms with Crippen molar-refractivity contribution in [2.45, 2.75) is 45.2 Å². The van der Waals surface area contributed by atoms with Crippen molar-refractivity contribution in [3.05, 3.63) is 0 Å². The van der Waals surface area contributed by atoms with Crippen molar-refractivity contribution in [1.29, 1.82) is 0 Å². The van der Waals surface area contributed by atoms with Gasteiger partial charge in [-0.1, -0.05) is 6.92 Å². The van der Waals surface area contributed by atoms with Crippen LogP contribution in [0.3, 0.4) is 0 Å². The average Bonchev–Trinajstić information content (AvgIpc) is 2.29. The highest BCUT2D eigenvalue weighted by Gasteiger charge is 2.34. The first-order valence-corrected chi connectivity index (χ1v) is 6.07. The van der Waals surface area contributed by atoms with Gasteiger partial charge in [0.05, 0.1) is 6.61 Å². The molecule has 1 heterocycles. The predicted octanol–water partition coefficient (Wildman–Crippen LogP) is 1.17. The molecule has 0 aliphatic carbocycles. The van der Waals surface area contributed by atoms with Crippen LogP contribution in [0.2, 0.25) is 0 Å². The molecule has 3 nitrogen and oxygen atoms in total. The summed E-state index contributed by atoms with van der Waals surface area (Å²) < 4.78 is 0. The zero-order valence-electron chi connectivity index (χ0n) is 10.7. The molecule has 3 heteroatoms. The summed E-state index contributed by atoms with van der Waals surface area (Å²) >= 11 is 0. The molecule has 1 rings (SSSR count). The van der Waals surface area contributed by atoms with Crippen molar-refractivity contribution in [2.24, 2.45) is 0 Å². The van der Waals surface area contributed by atoms with Gasteiger partial charge < -0.3 is 10.0 Å².